The first-order chi connectivity index (χ1) is 12.2. The van der Waals surface area contributed by atoms with Gasteiger partial charge in [0.2, 0.25) is 5.91 Å². The zero-order valence-electron chi connectivity index (χ0n) is 15.8. The summed E-state index contributed by atoms with van der Waals surface area (Å²) >= 11 is 0. The van der Waals surface area contributed by atoms with Crippen LogP contribution in [0.4, 0.5) is 0 Å². The Bertz CT molecular complexity index is 475. The van der Waals surface area contributed by atoms with Crippen LogP contribution < -0.4 is 10.6 Å². The van der Waals surface area contributed by atoms with E-state index in [4.69, 9.17) is 4.74 Å². The predicted molar refractivity (Wildman–Crippen MR) is 98.5 cm³/mol. The van der Waals surface area contributed by atoms with Crippen LogP contribution >= 0.6 is 0 Å². The summed E-state index contributed by atoms with van der Waals surface area (Å²) in [6.45, 7) is 5.26. The van der Waals surface area contributed by atoms with Crippen LogP contribution in [0.25, 0.3) is 0 Å². The molecule has 2 aliphatic heterocycles. The van der Waals surface area contributed by atoms with Gasteiger partial charge in [-0.2, -0.15) is 0 Å². The minimum absolute atomic E-state index is 0.213. The van der Waals surface area contributed by atoms with Gasteiger partial charge in [0.15, 0.2) is 0 Å². The zero-order chi connectivity index (χ0) is 17.3. The second-order valence-corrected chi connectivity index (χ2v) is 8.94. The highest BCUT2D eigenvalue weighted by Gasteiger charge is 2.57. The molecule has 2 N–H and O–H groups in total. The van der Waals surface area contributed by atoms with Crippen molar-refractivity contribution in [1.82, 2.24) is 15.5 Å². The second kappa shape index (κ2) is 7.16. The smallest absolute Gasteiger partial charge is 0.223 e. The van der Waals surface area contributed by atoms with Crippen LogP contribution in [0.1, 0.15) is 57.8 Å². The van der Waals surface area contributed by atoms with Gasteiger partial charge in [-0.1, -0.05) is 12.8 Å². The number of rotatable bonds is 5. The monoisotopic (exact) mass is 349 g/mol. The Balaban J connectivity index is 1.32. The van der Waals surface area contributed by atoms with Crippen molar-refractivity contribution in [1.29, 1.82) is 0 Å². The van der Waals surface area contributed by atoms with E-state index in [-0.39, 0.29) is 11.5 Å². The van der Waals surface area contributed by atoms with Crippen LogP contribution in [-0.4, -0.2) is 62.3 Å². The van der Waals surface area contributed by atoms with Crippen LogP contribution in [0.5, 0.6) is 0 Å². The molecule has 4 fully saturated rings. The van der Waals surface area contributed by atoms with Gasteiger partial charge in [0, 0.05) is 38.2 Å². The first kappa shape index (κ1) is 17.7. The van der Waals surface area contributed by atoms with Gasteiger partial charge in [-0.3, -0.25) is 9.69 Å². The topological polar surface area (TPSA) is 53.6 Å². The molecule has 5 heteroatoms. The highest BCUT2D eigenvalue weighted by Crippen LogP contribution is 2.58. The van der Waals surface area contributed by atoms with E-state index in [1.54, 1.807) is 0 Å². The standard InChI is InChI=1S/C20H35N3O2/c1-25-16-4-12-23(13-5-16)20(6-2-3-7-20)15-22-18(24)17-14-19(17)8-10-21-11-9-19/h16-17,21H,2-15H2,1H3,(H,22,24). The van der Waals surface area contributed by atoms with Crippen LogP contribution in [0.2, 0.25) is 0 Å². The molecule has 0 aromatic carbocycles. The van der Waals surface area contributed by atoms with Crippen molar-refractivity contribution in [2.75, 3.05) is 39.8 Å². The molecule has 1 unspecified atom stereocenters. The normalized spacial score (nSPS) is 32.0. The maximum absolute atomic E-state index is 12.8. The highest BCUT2D eigenvalue weighted by molar-refractivity contribution is 5.82. The predicted octanol–water partition coefficient (Wildman–Crippen LogP) is 1.92. The van der Waals surface area contributed by atoms with E-state index in [0.717, 1.165) is 52.0 Å². The lowest BCUT2D eigenvalue weighted by Crippen LogP contribution is -2.57. The second-order valence-electron chi connectivity index (χ2n) is 8.94. The SMILES string of the molecule is COC1CCN(C2(CNC(=O)C3CC34CCNCC4)CCCC2)CC1. The summed E-state index contributed by atoms with van der Waals surface area (Å²) in [5.41, 5.74) is 0.555. The molecule has 4 aliphatic rings. The molecule has 1 amide bonds. The third-order valence-corrected chi connectivity index (χ3v) is 7.68. The molecule has 0 aromatic rings. The van der Waals surface area contributed by atoms with Gasteiger partial charge in [0.25, 0.3) is 0 Å². The molecule has 25 heavy (non-hydrogen) atoms. The average Bonchev–Trinajstić information content (AvgIpc) is 3.13. The molecular formula is C20H35N3O2. The Kier molecular flexibility index (Phi) is 5.09. The third-order valence-electron chi connectivity index (χ3n) is 7.68. The molecule has 2 saturated carbocycles. The molecule has 2 saturated heterocycles. The summed E-state index contributed by atoms with van der Waals surface area (Å²) in [6, 6.07) is 0. The number of methoxy groups -OCH3 is 1. The summed E-state index contributed by atoms with van der Waals surface area (Å²) in [5, 5.41) is 6.81. The van der Waals surface area contributed by atoms with Gasteiger partial charge in [0.05, 0.1) is 6.10 Å². The Morgan fingerprint density at radius 1 is 1.16 bits per heavy atom. The number of likely N-dealkylation sites (tertiary alicyclic amines) is 1. The van der Waals surface area contributed by atoms with Crippen LogP contribution in [0.3, 0.4) is 0 Å². The number of piperidine rings is 2. The summed E-state index contributed by atoms with van der Waals surface area (Å²) < 4.78 is 5.54. The van der Waals surface area contributed by atoms with Crippen molar-refractivity contribution >= 4 is 5.91 Å². The fourth-order valence-electron chi connectivity index (χ4n) is 5.77. The van der Waals surface area contributed by atoms with E-state index in [1.165, 1.54) is 38.5 Å². The number of nitrogens with one attached hydrogen (secondary N) is 2. The number of carbonyl (C=O) groups is 1. The van der Waals surface area contributed by atoms with Gasteiger partial charge in [-0.15, -0.1) is 0 Å². The molecule has 2 heterocycles. The number of hydrogen-bond donors (Lipinski definition) is 2. The van der Waals surface area contributed by atoms with Crippen molar-refractivity contribution in [3.63, 3.8) is 0 Å². The van der Waals surface area contributed by atoms with Gasteiger partial charge in [-0.05, 0) is 63.5 Å². The first-order valence-corrected chi connectivity index (χ1v) is 10.4. The minimum Gasteiger partial charge on any atom is -0.381 e. The molecule has 2 aliphatic carbocycles. The lowest BCUT2D eigenvalue weighted by atomic mass is 9.90. The number of hydrogen-bond acceptors (Lipinski definition) is 4. The fourth-order valence-corrected chi connectivity index (χ4v) is 5.77. The number of carbonyl (C=O) groups excluding carboxylic acids is 1. The van der Waals surface area contributed by atoms with E-state index in [9.17, 15) is 4.79 Å². The minimum atomic E-state index is 0.213. The summed E-state index contributed by atoms with van der Waals surface area (Å²) in [7, 11) is 1.83. The van der Waals surface area contributed by atoms with Gasteiger partial charge in [0.1, 0.15) is 0 Å². The fraction of sp³-hybridized carbons (Fsp3) is 0.950. The Morgan fingerprint density at radius 2 is 1.84 bits per heavy atom. The van der Waals surface area contributed by atoms with E-state index >= 15 is 0 Å². The largest absolute Gasteiger partial charge is 0.381 e. The van der Waals surface area contributed by atoms with Gasteiger partial charge < -0.3 is 15.4 Å². The van der Waals surface area contributed by atoms with Crippen molar-refractivity contribution in [2.45, 2.75) is 69.4 Å². The summed E-state index contributed by atoms with van der Waals surface area (Å²) in [5.74, 6) is 0.618. The van der Waals surface area contributed by atoms with E-state index < -0.39 is 0 Å². The van der Waals surface area contributed by atoms with Crippen molar-refractivity contribution in [3.8, 4) is 0 Å². The number of ether oxygens (including phenoxy) is 1. The van der Waals surface area contributed by atoms with Crippen LogP contribution in [0, 0.1) is 11.3 Å². The van der Waals surface area contributed by atoms with Crippen molar-refractivity contribution in [3.05, 3.63) is 0 Å². The first-order valence-electron chi connectivity index (χ1n) is 10.4. The van der Waals surface area contributed by atoms with Crippen LogP contribution in [-0.2, 0) is 9.53 Å². The molecule has 0 bridgehead atoms. The molecule has 0 radical (unpaired) electrons. The maximum Gasteiger partial charge on any atom is 0.223 e. The molecule has 142 valence electrons. The Hall–Kier alpha value is -0.650. The molecule has 5 nitrogen and oxygen atoms in total. The molecule has 1 atom stereocenters. The summed E-state index contributed by atoms with van der Waals surface area (Å²) in [6.07, 6.45) is 11.3. The molecule has 4 rings (SSSR count). The molecule has 0 aromatic heterocycles. The Labute approximate surface area is 152 Å². The third kappa shape index (κ3) is 3.47. The quantitative estimate of drug-likeness (QED) is 0.796. The number of amides is 1. The summed E-state index contributed by atoms with van der Waals surface area (Å²) in [4.78, 5) is 15.5. The van der Waals surface area contributed by atoms with E-state index in [1.807, 2.05) is 7.11 Å². The van der Waals surface area contributed by atoms with Crippen molar-refractivity contribution < 1.29 is 9.53 Å². The van der Waals surface area contributed by atoms with Crippen molar-refractivity contribution in [2.24, 2.45) is 11.3 Å². The molecular weight excluding hydrogens is 314 g/mol. The highest BCUT2D eigenvalue weighted by atomic mass is 16.5. The average molecular weight is 350 g/mol. The number of nitrogens with zero attached hydrogens (tertiary/aromatic N) is 1. The van der Waals surface area contributed by atoms with Gasteiger partial charge >= 0.3 is 0 Å². The van der Waals surface area contributed by atoms with E-state index in [2.05, 4.69) is 15.5 Å². The lowest BCUT2D eigenvalue weighted by molar-refractivity contribution is -0.124. The van der Waals surface area contributed by atoms with Gasteiger partial charge in [-0.25, -0.2) is 0 Å². The molecule has 1 spiro atoms. The Morgan fingerprint density at radius 3 is 2.48 bits per heavy atom. The van der Waals surface area contributed by atoms with E-state index in [0.29, 0.717) is 17.4 Å². The zero-order valence-corrected chi connectivity index (χ0v) is 15.8. The lowest BCUT2D eigenvalue weighted by Gasteiger charge is -2.45. The maximum atomic E-state index is 12.8. The van der Waals surface area contributed by atoms with Crippen LogP contribution in [0.15, 0.2) is 0 Å².